The lowest BCUT2D eigenvalue weighted by atomic mass is 10.3. The molecule has 9 heteroatoms. The maximum atomic E-state index is 12.6. The van der Waals surface area contributed by atoms with E-state index in [0.29, 0.717) is 22.9 Å². The van der Waals surface area contributed by atoms with Gasteiger partial charge in [0.1, 0.15) is 0 Å². The number of anilines is 2. The average Bonchev–Trinajstić information content (AvgIpc) is 3.33. The van der Waals surface area contributed by atoms with E-state index in [4.69, 9.17) is 9.47 Å². The average molecular weight is 389 g/mol. The number of fused-ring (bicyclic) bond motifs is 1. The minimum atomic E-state index is -3.76. The molecule has 0 unspecified atom stereocenters. The summed E-state index contributed by atoms with van der Waals surface area (Å²) in [6, 6.07) is 10.7. The Balaban J connectivity index is 1.44. The van der Waals surface area contributed by atoms with Gasteiger partial charge >= 0.3 is 6.03 Å². The SMILES string of the molecule is O=C(Nc1ccc(S(=O)(=O)Nc2ccc3c(c2)OCO3)cc1)N1CCCC1. The normalized spacial score (nSPS) is 15.6. The summed E-state index contributed by atoms with van der Waals surface area (Å²) in [6.45, 7) is 1.62. The van der Waals surface area contributed by atoms with E-state index in [0.717, 1.165) is 25.9 Å². The van der Waals surface area contributed by atoms with Crippen molar-refractivity contribution in [3.8, 4) is 11.5 Å². The zero-order valence-corrected chi connectivity index (χ0v) is 15.3. The molecule has 4 rings (SSSR count). The van der Waals surface area contributed by atoms with Crippen LogP contribution in [0, 0.1) is 0 Å². The van der Waals surface area contributed by atoms with E-state index >= 15 is 0 Å². The standard InChI is InChI=1S/C18H19N3O5S/c22-18(21-9-1-2-10-21)19-13-3-6-15(7-4-13)27(23,24)20-14-5-8-16-17(11-14)26-12-25-16/h3-8,11,20H,1-2,9-10,12H2,(H,19,22). The van der Waals surface area contributed by atoms with E-state index in [9.17, 15) is 13.2 Å². The summed E-state index contributed by atoms with van der Waals surface area (Å²) >= 11 is 0. The van der Waals surface area contributed by atoms with Gasteiger partial charge in [-0.3, -0.25) is 4.72 Å². The van der Waals surface area contributed by atoms with Crippen LogP contribution in [0.2, 0.25) is 0 Å². The second-order valence-electron chi connectivity index (χ2n) is 6.32. The van der Waals surface area contributed by atoms with Gasteiger partial charge < -0.3 is 19.7 Å². The summed E-state index contributed by atoms with van der Waals surface area (Å²) in [7, 11) is -3.76. The monoisotopic (exact) mass is 389 g/mol. The number of hydrogen-bond donors (Lipinski definition) is 2. The molecule has 0 aromatic heterocycles. The first-order chi connectivity index (χ1) is 13.0. The van der Waals surface area contributed by atoms with Crippen molar-refractivity contribution < 1.29 is 22.7 Å². The molecule has 2 aromatic rings. The van der Waals surface area contributed by atoms with Gasteiger partial charge in [0.15, 0.2) is 11.5 Å². The number of likely N-dealkylation sites (tertiary alicyclic amines) is 1. The molecule has 2 aliphatic rings. The van der Waals surface area contributed by atoms with Gasteiger partial charge in [0.25, 0.3) is 10.0 Å². The number of amides is 2. The van der Waals surface area contributed by atoms with Crippen molar-refractivity contribution in [3.63, 3.8) is 0 Å². The fourth-order valence-corrected chi connectivity index (χ4v) is 4.06. The molecule has 2 heterocycles. The van der Waals surface area contributed by atoms with Gasteiger partial charge in [0, 0.05) is 24.8 Å². The predicted molar refractivity (Wildman–Crippen MR) is 99.6 cm³/mol. The second-order valence-corrected chi connectivity index (χ2v) is 8.00. The van der Waals surface area contributed by atoms with E-state index in [-0.39, 0.29) is 17.7 Å². The zero-order chi connectivity index (χ0) is 18.9. The van der Waals surface area contributed by atoms with E-state index < -0.39 is 10.0 Å². The quantitative estimate of drug-likeness (QED) is 0.838. The Bertz CT molecular complexity index is 953. The minimum absolute atomic E-state index is 0.0966. The minimum Gasteiger partial charge on any atom is -0.454 e. The highest BCUT2D eigenvalue weighted by molar-refractivity contribution is 7.92. The van der Waals surface area contributed by atoms with Crippen LogP contribution < -0.4 is 19.5 Å². The fourth-order valence-electron chi connectivity index (χ4n) is 3.01. The lowest BCUT2D eigenvalue weighted by Crippen LogP contribution is -2.32. The third-order valence-corrected chi connectivity index (χ3v) is 5.83. The number of sulfonamides is 1. The van der Waals surface area contributed by atoms with Gasteiger partial charge in [-0.05, 0) is 49.2 Å². The van der Waals surface area contributed by atoms with Crippen LogP contribution in [0.3, 0.4) is 0 Å². The van der Waals surface area contributed by atoms with Crippen molar-refractivity contribution in [2.45, 2.75) is 17.7 Å². The fraction of sp³-hybridized carbons (Fsp3) is 0.278. The topological polar surface area (TPSA) is 97.0 Å². The zero-order valence-electron chi connectivity index (χ0n) is 14.5. The first kappa shape index (κ1) is 17.5. The van der Waals surface area contributed by atoms with Gasteiger partial charge in [-0.2, -0.15) is 0 Å². The van der Waals surface area contributed by atoms with E-state index in [1.807, 2.05) is 0 Å². The molecule has 2 amide bonds. The molecule has 0 aliphatic carbocycles. The summed E-state index contributed by atoms with van der Waals surface area (Å²) < 4.78 is 38.1. The van der Waals surface area contributed by atoms with E-state index in [1.165, 1.54) is 12.1 Å². The molecule has 0 bridgehead atoms. The number of urea groups is 1. The van der Waals surface area contributed by atoms with Crippen LogP contribution in [-0.2, 0) is 10.0 Å². The van der Waals surface area contributed by atoms with Crippen molar-refractivity contribution >= 4 is 27.4 Å². The van der Waals surface area contributed by atoms with Crippen LogP contribution in [0.25, 0.3) is 0 Å². The molecule has 1 fully saturated rings. The van der Waals surface area contributed by atoms with Gasteiger partial charge in [-0.15, -0.1) is 0 Å². The van der Waals surface area contributed by atoms with Gasteiger partial charge in [-0.25, -0.2) is 13.2 Å². The Kier molecular flexibility index (Phi) is 4.53. The van der Waals surface area contributed by atoms with Crippen LogP contribution in [-0.4, -0.2) is 39.2 Å². The first-order valence-electron chi connectivity index (χ1n) is 8.60. The maximum absolute atomic E-state index is 12.6. The molecule has 8 nitrogen and oxygen atoms in total. The number of hydrogen-bond acceptors (Lipinski definition) is 5. The highest BCUT2D eigenvalue weighted by Gasteiger charge is 2.20. The Hall–Kier alpha value is -2.94. The molecule has 142 valence electrons. The predicted octanol–water partition coefficient (Wildman–Crippen LogP) is 2.84. The highest BCUT2D eigenvalue weighted by atomic mass is 32.2. The number of rotatable bonds is 4. The van der Waals surface area contributed by atoms with Crippen molar-refractivity contribution in [2.75, 3.05) is 29.9 Å². The molecule has 2 aromatic carbocycles. The molecular weight excluding hydrogens is 370 g/mol. The lowest BCUT2D eigenvalue weighted by Gasteiger charge is -2.16. The van der Waals surface area contributed by atoms with Gasteiger partial charge in [0.2, 0.25) is 6.79 Å². The maximum Gasteiger partial charge on any atom is 0.321 e. The molecular formula is C18H19N3O5S. The van der Waals surface area contributed by atoms with Crippen LogP contribution in [0.1, 0.15) is 12.8 Å². The number of benzene rings is 2. The van der Waals surface area contributed by atoms with Crippen molar-refractivity contribution in [2.24, 2.45) is 0 Å². The molecule has 2 aliphatic heterocycles. The van der Waals surface area contributed by atoms with Gasteiger partial charge in [0.05, 0.1) is 10.6 Å². The summed E-state index contributed by atoms with van der Waals surface area (Å²) in [5, 5.41) is 2.78. The number of nitrogens with one attached hydrogen (secondary N) is 2. The third kappa shape index (κ3) is 3.77. The number of carbonyl (C=O) groups is 1. The number of ether oxygens (including phenoxy) is 2. The lowest BCUT2D eigenvalue weighted by molar-refractivity contribution is 0.174. The molecule has 1 saturated heterocycles. The number of carbonyl (C=O) groups excluding carboxylic acids is 1. The number of nitrogens with zero attached hydrogens (tertiary/aromatic N) is 1. The van der Waals surface area contributed by atoms with E-state index in [2.05, 4.69) is 10.0 Å². The molecule has 0 atom stereocenters. The highest BCUT2D eigenvalue weighted by Crippen LogP contribution is 2.34. The Labute approximate surface area is 157 Å². The van der Waals surface area contributed by atoms with Crippen LogP contribution in [0.5, 0.6) is 11.5 Å². The van der Waals surface area contributed by atoms with Gasteiger partial charge in [-0.1, -0.05) is 0 Å². The Morgan fingerprint density at radius 1 is 0.926 bits per heavy atom. The first-order valence-corrected chi connectivity index (χ1v) is 10.1. The smallest absolute Gasteiger partial charge is 0.321 e. The van der Waals surface area contributed by atoms with Crippen LogP contribution in [0.15, 0.2) is 47.4 Å². The van der Waals surface area contributed by atoms with E-state index in [1.54, 1.807) is 35.2 Å². The molecule has 0 radical (unpaired) electrons. The second kappa shape index (κ2) is 6.99. The largest absolute Gasteiger partial charge is 0.454 e. The Morgan fingerprint density at radius 2 is 1.59 bits per heavy atom. The van der Waals surface area contributed by atoms with Crippen molar-refractivity contribution in [1.82, 2.24) is 4.90 Å². The van der Waals surface area contributed by atoms with Crippen molar-refractivity contribution in [1.29, 1.82) is 0 Å². The van der Waals surface area contributed by atoms with Crippen molar-refractivity contribution in [3.05, 3.63) is 42.5 Å². The Morgan fingerprint density at radius 3 is 2.33 bits per heavy atom. The van der Waals surface area contributed by atoms with Crippen LogP contribution in [0.4, 0.5) is 16.2 Å². The summed E-state index contributed by atoms with van der Waals surface area (Å²) in [6.07, 6.45) is 2.02. The molecule has 27 heavy (non-hydrogen) atoms. The summed E-state index contributed by atoms with van der Waals surface area (Å²) in [5.74, 6) is 1.08. The molecule has 0 spiro atoms. The molecule has 0 saturated carbocycles. The molecule has 2 N–H and O–H groups in total. The summed E-state index contributed by atoms with van der Waals surface area (Å²) in [5.41, 5.74) is 0.930. The summed E-state index contributed by atoms with van der Waals surface area (Å²) in [4.78, 5) is 13.9. The van der Waals surface area contributed by atoms with Crippen LogP contribution >= 0.6 is 0 Å². The third-order valence-electron chi connectivity index (χ3n) is 4.43.